The summed E-state index contributed by atoms with van der Waals surface area (Å²) in [7, 11) is 3.28. The number of methoxy groups -OCH3 is 2. The highest BCUT2D eigenvalue weighted by Gasteiger charge is 2.14. The number of hydrogen-bond acceptors (Lipinski definition) is 4. The molecule has 0 heterocycles. The highest BCUT2D eigenvalue weighted by Crippen LogP contribution is 2.35. The summed E-state index contributed by atoms with van der Waals surface area (Å²) in [5, 5.41) is 0. The highest BCUT2D eigenvalue weighted by molar-refractivity contribution is 5.85. The van der Waals surface area contributed by atoms with E-state index in [1.54, 1.807) is 14.2 Å². The van der Waals surface area contributed by atoms with Gasteiger partial charge in [0.15, 0.2) is 11.5 Å². The molecule has 1 rings (SSSR count). The topological polar surface area (TPSA) is 53.7 Å². The quantitative estimate of drug-likeness (QED) is 0.839. The highest BCUT2D eigenvalue weighted by atomic mass is 35.5. The van der Waals surface area contributed by atoms with Crippen molar-refractivity contribution in [1.82, 2.24) is 0 Å². The van der Waals surface area contributed by atoms with Crippen LogP contribution in [0.25, 0.3) is 0 Å². The maximum atomic E-state index is 5.99. The zero-order valence-corrected chi connectivity index (χ0v) is 12.9. The van der Waals surface area contributed by atoms with Crippen molar-refractivity contribution in [3.63, 3.8) is 0 Å². The first kappa shape index (κ1) is 17.9. The number of hydrogen-bond donors (Lipinski definition) is 1. The Morgan fingerprint density at radius 1 is 1.05 bits per heavy atom. The van der Waals surface area contributed by atoms with E-state index < -0.39 is 0 Å². The number of nitrogens with two attached hydrogens (primary N) is 1. The summed E-state index contributed by atoms with van der Waals surface area (Å²) in [5.41, 5.74) is 7.04. The molecule has 110 valence electrons. The largest absolute Gasteiger partial charge is 0.496 e. The van der Waals surface area contributed by atoms with E-state index in [0.717, 1.165) is 29.9 Å². The molecule has 0 saturated heterocycles. The Bertz CT molecular complexity index is 385. The van der Waals surface area contributed by atoms with Gasteiger partial charge in [-0.15, -0.1) is 12.4 Å². The zero-order chi connectivity index (χ0) is 13.5. The lowest BCUT2D eigenvalue weighted by atomic mass is 10.0. The molecule has 1 aromatic carbocycles. The Kier molecular flexibility index (Phi) is 8.35. The van der Waals surface area contributed by atoms with Gasteiger partial charge >= 0.3 is 0 Å². The predicted molar refractivity (Wildman–Crippen MR) is 79.9 cm³/mol. The average molecular weight is 290 g/mol. The standard InChI is InChI=1S/C14H23NO3.ClH/c1-5-11(15)7-10-8-13(17-4)14(18-6-2)9-12(10)16-3;/h8-9,11H,5-7,15H2,1-4H3;1H/t11-;/m1./s1. The van der Waals surface area contributed by atoms with E-state index in [1.165, 1.54) is 0 Å². The summed E-state index contributed by atoms with van der Waals surface area (Å²) in [4.78, 5) is 0. The first-order valence-electron chi connectivity index (χ1n) is 6.29. The monoisotopic (exact) mass is 289 g/mol. The summed E-state index contributed by atoms with van der Waals surface area (Å²) < 4.78 is 16.2. The van der Waals surface area contributed by atoms with Crippen LogP contribution in [-0.4, -0.2) is 26.9 Å². The van der Waals surface area contributed by atoms with Crippen molar-refractivity contribution in [1.29, 1.82) is 0 Å². The van der Waals surface area contributed by atoms with Crippen molar-refractivity contribution in [2.75, 3.05) is 20.8 Å². The van der Waals surface area contributed by atoms with Crippen molar-refractivity contribution in [3.8, 4) is 17.2 Å². The second-order valence-corrected chi connectivity index (χ2v) is 4.12. The molecule has 0 amide bonds. The fourth-order valence-corrected chi connectivity index (χ4v) is 1.79. The molecule has 0 bridgehead atoms. The van der Waals surface area contributed by atoms with Crippen LogP contribution in [0.15, 0.2) is 12.1 Å². The van der Waals surface area contributed by atoms with E-state index in [-0.39, 0.29) is 18.4 Å². The number of benzene rings is 1. The third-order valence-electron chi connectivity index (χ3n) is 2.87. The Hall–Kier alpha value is -1.13. The Labute approximate surface area is 121 Å². The molecule has 19 heavy (non-hydrogen) atoms. The van der Waals surface area contributed by atoms with E-state index in [2.05, 4.69) is 6.92 Å². The summed E-state index contributed by atoms with van der Waals surface area (Å²) in [6.45, 7) is 4.60. The van der Waals surface area contributed by atoms with Gasteiger partial charge in [0, 0.05) is 12.1 Å². The van der Waals surface area contributed by atoms with Crippen molar-refractivity contribution in [3.05, 3.63) is 17.7 Å². The molecule has 0 unspecified atom stereocenters. The fourth-order valence-electron chi connectivity index (χ4n) is 1.79. The van der Waals surface area contributed by atoms with Crippen LogP contribution in [-0.2, 0) is 6.42 Å². The summed E-state index contributed by atoms with van der Waals surface area (Å²) in [5.74, 6) is 2.21. The summed E-state index contributed by atoms with van der Waals surface area (Å²) in [6, 6.07) is 3.93. The van der Waals surface area contributed by atoms with Gasteiger partial charge in [-0.3, -0.25) is 0 Å². The normalized spacial score (nSPS) is 11.4. The van der Waals surface area contributed by atoms with Crippen LogP contribution in [0.1, 0.15) is 25.8 Å². The van der Waals surface area contributed by atoms with Crippen LogP contribution in [0.3, 0.4) is 0 Å². The number of rotatable bonds is 7. The van der Waals surface area contributed by atoms with Gasteiger partial charge < -0.3 is 19.9 Å². The summed E-state index contributed by atoms with van der Waals surface area (Å²) in [6.07, 6.45) is 1.70. The van der Waals surface area contributed by atoms with E-state index in [0.29, 0.717) is 12.4 Å². The van der Waals surface area contributed by atoms with Crippen LogP contribution in [0.4, 0.5) is 0 Å². The van der Waals surface area contributed by atoms with Crippen LogP contribution in [0.2, 0.25) is 0 Å². The van der Waals surface area contributed by atoms with Crippen molar-refractivity contribution in [2.45, 2.75) is 32.7 Å². The van der Waals surface area contributed by atoms with E-state index in [9.17, 15) is 0 Å². The van der Waals surface area contributed by atoms with Gasteiger partial charge in [0.1, 0.15) is 5.75 Å². The molecule has 1 aromatic rings. The second-order valence-electron chi connectivity index (χ2n) is 4.12. The van der Waals surface area contributed by atoms with Gasteiger partial charge in [-0.1, -0.05) is 6.92 Å². The Morgan fingerprint density at radius 2 is 1.68 bits per heavy atom. The smallest absolute Gasteiger partial charge is 0.164 e. The molecule has 1 atom stereocenters. The molecule has 5 heteroatoms. The minimum atomic E-state index is 0. The first-order chi connectivity index (χ1) is 8.65. The molecular formula is C14H24ClNO3. The van der Waals surface area contributed by atoms with Crippen molar-refractivity contribution < 1.29 is 14.2 Å². The van der Waals surface area contributed by atoms with Gasteiger partial charge in [-0.05, 0) is 31.4 Å². The maximum Gasteiger partial charge on any atom is 0.164 e. The van der Waals surface area contributed by atoms with Gasteiger partial charge in [-0.25, -0.2) is 0 Å². The van der Waals surface area contributed by atoms with Gasteiger partial charge in [0.25, 0.3) is 0 Å². The lowest BCUT2D eigenvalue weighted by Crippen LogP contribution is -2.21. The lowest BCUT2D eigenvalue weighted by molar-refractivity contribution is 0.307. The average Bonchev–Trinajstić information content (AvgIpc) is 2.39. The van der Waals surface area contributed by atoms with Gasteiger partial charge in [0.2, 0.25) is 0 Å². The minimum Gasteiger partial charge on any atom is -0.496 e. The minimum absolute atomic E-state index is 0. The lowest BCUT2D eigenvalue weighted by Gasteiger charge is -2.16. The van der Waals surface area contributed by atoms with Crippen molar-refractivity contribution >= 4 is 12.4 Å². The van der Waals surface area contributed by atoms with E-state index in [4.69, 9.17) is 19.9 Å². The molecule has 0 aliphatic carbocycles. The van der Waals surface area contributed by atoms with Gasteiger partial charge in [0.05, 0.1) is 20.8 Å². The third-order valence-corrected chi connectivity index (χ3v) is 2.87. The molecule has 4 nitrogen and oxygen atoms in total. The Balaban J connectivity index is 0.00000324. The zero-order valence-electron chi connectivity index (χ0n) is 12.1. The molecular weight excluding hydrogens is 266 g/mol. The van der Waals surface area contributed by atoms with Crippen LogP contribution < -0.4 is 19.9 Å². The van der Waals surface area contributed by atoms with Crippen LogP contribution in [0, 0.1) is 0 Å². The van der Waals surface area contributed by atoms with E-state index >= 15 is 0 Å². The van der Waals surface area contributed by atoms with E-state index in [1.807, 2.05) is 19.1 Å². The molecule has 0 radical (unpaired) electrons. The molecule has 0 aliphatic rings. The van der Waals surface area contributed by atoms with Crippen LogP contribution >= 0.6 is 12.4 Å². The predicted octanol–water partition coefficient (Wildman–Crippen LogP) is 2.80. The number of ether oxygens (including phenoxy) is 3. The number of halogens is 1. The molecule has 0 spiro atoms. The molecule has 0 aliphatic heterocycles. The molecule has 0 fully saturated rings. The first-order valence-corrected chi connectivity index (χ1v) is 6.29. The molecule has 0 saturated carbocycles. The SMILES string of the molecule is CCOc1cc(OC)c(C[C@H](N)CC)cc1OC.Cl. The molecule has 2 N–H and O–H groups in total. The molecule has 0 aromatic heterocycles. The van der Waals surface area contributed by atoms with Gasteiger partial charge in [-0.2, -0.15) is 0 Å². The van der Waals surface area contributed by atoms with Crippen LogP contribution in [0.5, 0.6) is 17.2 Å². The second kappa shape index (κ2) is 8.88. The van der Waals surface area contributed by atoms with Crippen molar-refractivity contribution in [2.24, 2.45) is 5.73 Å². The third kappa shape index (κ3) is 4.80. The summed E-state index contributed by atoms with van der Waals surface area (Å²) >= 11 is 0. The maximum absolute atomic E-state index is 5.99. The fraction of sp³-hybridized carbons (Fsp3) is 0.571. The Morgan fingerprint density at radius 3 is 2.16 bits per heavy atom.